The number of hydrogen-bond donors (Lipinski definition) is 1. The van der Waals surface area contributed by atoms with Crippen molar-refractivity contribution in [2.24, 2.45) is 5.73 Å². The van der Waals surface area contributed by atoms with Crippen LogP contribution >= 0.6 is 0 Å². The van der Waals surface area contributed by atoms with Gasteiger partial charge in [0.05, 0.1) is 6.04 Å². The predicted octanol–water partition coefficient (Wildman–Crippen LogP) is 0.790. The van der Waals surface area contributed by atoms with Crippen molar-refractivity contribution in [2.45, 2.75) is 12.1 Å². The maximum atomic E-state index is 6.21. The second kappa shape index (κ2) is 5.22. The summed E-state index contributed by atoms with van der Waals surface area (Å²) in [5, 5.41) is 4.17. The molecule has 6 heteroatoms. The van der Waals surface area contributed by atoms with E-state index >= 15 is 0 Å². The zero-order valence-electron chi connectivity index (χ0n) is 11.9. The van der Waals surface area contributed by atoms with Crippen molar-refractivity contribution in [3.8, 4) is 0 Å². The fourth-order valence-corrected chi connectivity index (χ4v) is 3.17. The van der Waals surface area contributed by atoms with Crippen LogP contribution in [0.2, 0.25) is 0 Å². The van der Waals surface area contributed by atoms with Crippen LogP contribution in [0.3, 0.4) is 0 Å². The molecule has 3 fully saturated rings. The van der Waals surface area contributed by atoms with Crippen LogP contribution in [0.15, 0.2) is 34.9 Å². The van der Waals surface area contributed by atoms with E-state index in [-0.39, 0.29) is 12.1 Å². The zero-order valence-corrected chi connectivity index (χ0v) is 11.9. The molecule has 0 amide bonds. The first-order valence-corrected chi connectivity index (χ1v) is 7.42. The van der Waals surface area contributed by atoms with E-state index < -0.39 is 0 Å². The molecule has 110 valence electrons. The van der Waals surface area contributed by atoms with Gasteiger partial charge in [-0.15, -0.1) is 0 Å². The average Bonchev–Trinajstić information content (AvgIpc) is 3.06. The summed E-state index contributed by atoms with van der Waals surface area (Å²) in [6.07, 6.45) is 0. The summed E-state index contributed by atoms with van der Waals surface area (Å²) in [6, 6.07) is 9.74. The fourth-order valence-electron chi connectivity index (χ4n) is 3.17. The zero-order chi connectivity index (χ0) is 14.2. The first-order valence-electron chi connectivity index (χ1n) is 7.42. The van der Waals surface area contributed by atoms with Gasteiger partial charge in [-0.2, -0.15) is 4.98 Å². The van der Waals surface area contributed by atoms with E-state index in [0.29, 0.717) is 5.89 Å². The van der Waals surface area contributed by atoms with Gasteiger partial charge in [0.1, 0.15) is 6.04 Å². The first-order chi connectivity index (χ1) is 10.3. The van der Waals surface area contributed by atoms with Crippen molar-refractivity contribution < 1.29 is 4.52 Å². The summed E-state index contributed by atoms with van der Waals surface area (Å²) in [5.74, 6) is 1.26. The number of nitrogens with zero attached hydrogens (tertiary/aromatic N) is 4. The molecule has 0 saturated carbocycles. The van der Waals surface area contributed by atoms with Crippen molar-refractivity contribution in [3.05, 3.63) is 47.6 Å². The van der Waals surface area contributed by atoms with Crippen LogP contribution in [-0.4, -0.2) is 52.7 Å². The van der Waals surface area contributed by atoms with E-state index in [9.17, 15) is 0 Å². The van der Waals surface area contributed by atoms with Gasteiger partial charge >= 0.3 is 0 Å². The third-order valence-electron chi connectivity index (χ3n) is 4.46. The summed E-state index contributed by atoms with van der Waals surface area (Å²) in [6.45, 7) is 5.44. The van der Waals surface area contributed by atoms with E-state index in [1.165, 1.54) is 0 Å². The van der Waals surface area contributed by atoms with Crippen LogP contribution in [0.1, 0.15) is 29.4 Å². The van der Waals surface area contributed by atoms with E-state index in [1.807, 2.05) is 30.3 Å². The maximum Gasteiger partial charge on any atom is 0.248 e. The highest BCUT2D eigenvalue weighted by Gasteiger charge is 2.36. The largest absolute Gasteiger partial charge is 0.337 e. The number of aromatic nitrogens is 2. The fraction of sp³-hybridized carbons (Fsp3) is 0.467. The molecule has 3 saturated heterocycles. The van der Waals surface area contributed by atoms with Gasteiger partial charge in [0.25, 0.3) is 0 Å². The topological polar surface area (TPSA) is 71.4 Å². The highest BCUT2D eigenvalue weighted by atomic mass is 16.5. The molecular formula is C15H19N5O. The second-order valence-corrected chi connectivity index (χ2v) is 5.73. The molecule has 0 aliphatic carbocycles. The summed E-state index contributed by atoms with van der Waals surface area (Å²) in [7, 11) is 0. The van der Waals surface area contributed by atoms with Gasteiger partial charge in [-0.05, 0) is 5.56 Å². The number of nitrogens with two attached hydrogens (primary N) is 1. The highest BCUT2D eigenvalue weighted by molar-refractivity contribution is 5.23. The molecule has 2 N–H and O–H groups in total. The Labute approximate surface area is 123 Å². The average molecular weight is 285 g/mol. The Kier molecular flexibility index (Phi) is 3.21. The van der Waals surface area contributed by atoms with E-state index in [4.69, 9.17) is 10.3 Å². The van der Waals surface area contributed by atoms with Gasteiger partial charge in [-0.3, -0.25) is 9.80 Å². The van der Waals surface area contributed by atoms with E-state index in [1.54, 1.807) is 0 Å². The molecule has 2 atom stereocenters. The van der Waals surface area contributed by atoms with Crippen LogP contribution in [0.5, 0.6) is 0 Å². The van der Waals surface area contributed by atoms with Crippen molar-refractivity contribution in [2.75, 3.05) is 32.7 Å². The van der Waals surface area contributed by atoms with Crippen molar-refractivity contribution >= 4 is 0 Å². The Bertz CT molecular complexity index is 606. The first kappa shape index (κ1) is 12.9. The molecule has 5 rings (SSSR count). The standard InChI is InChI=1S/C15H19N5O/c16-13(11-4-2-1-3-5-11)15-17-14(18-21-15)12-10-19-6-8-20(12)9-7-19/h1-5,12-13H,6-10,16H2. The van der Waals surface area contributed by atoms with Gasteiger partial charge in [-0.25, -0.2) is 0 Å². The Morgan fingerprint density at radius 1 is 1.14 bits per heavy atom. The number of fused-ring (bicyclic) bond motifs is 3. The summed E-state index contributed by atoms with van der Waals surface area (Å²) in [5.41, 5.74) is 7.20. The quantitative estimate of drug-likeness (QED) is 0.899. The van der Waals surface area contributed by atoms with Gasteiger partial charge < -0.3 is 10.3 Å². The predicted molar refractivity (Wildman–Crippen MR) is 77.5 cm³/mol. The molecule has 3 aliphatic heterocycles. The number of piperazine rings is 3. The third kappa shape index (κ3) is 2.35. The number of rotatable bonds is 3. The molecule has 3 aliphatic rings. The smallest absolute Gasteiger partial charge is 0.248 e. The molecule has 2 bridgehead atoms. The minimum absolute atomic E-state index is 0.243. The lowest BCUT2D eigenvalue weighted by atomic mass is 10.1. The van der Waals surface area contributed by atoms with Crippen molar-refractivity contribution in [1.29, 1.82) is 0 Å². The lowest BCUT2D eigenvalue weighted by Crippen LogP contribution is -2.57. The van der Waals surface area contributed by atoms with Crippen molar-refractivity contribution in [3.63, 3.8) is 0 Å². The molecule has 21 heavy (non-hydrogen) atoms. The summed E-state index contributed by atoms with van der Waals surface area (Å²) in [4.78, 5) is 9.45. The molecule has 1 aromatic carbocycles. The number of benzene rings is 1. The Morgan fingerprint density at radius 2 is 1.90 bits per heavy atom. The van der Waals surface area contributed by atoms with Crippen LogP contribution in [-0.2, 0) is 0 Å². The Morgan fingerprint density at radius 3 is 2.57 bits per heavy atom. The molecule has 6 nitrogen and oxygen atoms in total. The Hall–Kier alpha value is -1.76. The van der Waals surface area contributed by atoms with Crippen LogP contribution < -0.4 is 5.73 Å². The number of hydrogen-bond acceptors (Lipinski definition) is 6. The molecule has 2 aromatic rings. The van der Waals surface area contributed by atoms with Gasteiger partial charge in [0.2, 0.25) is 5.89 Å². The lowest BCUT2D eigenvalue weighted by Gasteiger charge is -2.46. The summed E-state index contributed by atoms with van der Waals surface area (Å²) >= 11 is 0. The minimum atomic E-state index is -0.358. The molecule has 1 aromatic heterocycles. The SMILES string of the molecule is NC(c1ccccc1)c1nc(C2CN3CCN2CC3)no1. The normalized spacial score (nSPS) is 29.5. The lowest BCUT2D eigenvalue weighted by molar-refractivity contribution is 0.00781. The van der Waals surface area contributed by atoms with Gasteiger partial charge in [0, 0.05) is 32.7 Å². The molecule has 2 unspecified atom stereocenters. The summed E-state index contributed by atoms with van der Waals surface area (Å²) < 4.78 is 5.41. The maximum absolute atomic E-state index is 6.21. The van der Waals surface area contributed by atoms with Crippen LogP contribution in [0, 0.1) is 0 Å². The van der Waals surface area contributed by atoms with E-state index in [0.717, 1.165) is 44.1 Å². The third-order valence-corrected chi connectivity index (χ3v) is 4.46. The van der Waals surface area contributed by atoms with Crippen LogP contribution in [0.4, 0.5) is 0 Å². The van der Waals surface area contributed by atoms with Crippen molar-refractivity contribution in [1.82, 2.24) is 19.9 Å². The van der Waals surface area contributed by atoms with E-state index in [2.05, 4.69) is 19.9 Å². The highest BCUT2D eigenvalue weighted by Crippen LogP contribution is 2.28. The molecule has 0 radical (unpaired) electrons. The molecule has 4 heterocycles. The molecule has 0 spiro atoms. The van der Waals surface area contributed by atoms with Crippen LogP contribution in [0.25, 0.3) is 0 Å². The van der Waals surface area contributed by atoms with Gasteiger partial charge in [-0.1, -0.05) is 35.5 Å². The second-order valence-electron chi connectivity index (χ2n) is 5.73. The minimum Gasteiger partial charge on any atom is -0.337 e. The van der Waals surface area contributed by atoms with Gasteiger partial charge in [0.15, 0.2) is 5.82 Å². The monoisotopic (exact) mass is 285 g/mol. The Balaban J connectivity index is 1.56. The molecular weight excluding hydrogens is 266 g/mol.